The Labute approximate surface area is 130 Å². The molecule has 1 aliphatic rings. The van der Waals surface area contributed by atoms with E-state index in [0.29, 0.717) is 6.04 Å². The second-order valence-electron chi connectivity index (χ2n) is 6.72. The predicted molar refractivity (Wildman–Crippen MR) is 92.7 cm³/mol. The first-order valence-corrected chi connectivity index (χ1v) is 8.71. The van der Waals surface area contributed by atoms with Crippen LogP contribution in [0.5, 0.6) is 0 Å². The molecule has 0 saturated heterocycles. The van der Waals surface area contributed by atoms with E-state index in [1.165, 1.54) is 30.5 Å². The molecule has 0 aromatic heterocycles. The Morgan fingerprint density at radius 2 is 1.76 bits per heavy atom. The second kappa shape index (κ2) is 7.84. The number of benzene rings is 1. The summed E-state index contributed by atoms with van der Waals surface area (Å²) in [5.74, 6) is 1.56. The van der Waals surface area contributed by atoms with Gasteiger partial charge in [-0.05, 0) is 55.5 Å². The molecule has 2 rings (SSSR count). The van der Waals surface area contributed by atoms with Gasteiger partial charge in [-0.15, -0.1) is 0 Å². The van der Waals surface area contributed by atoms with Crippen molar-refractivity contribution in [2.24, 2.45) is 11.8 Å². The van der Waals surface area contributed by atoms with Crippen LogP contribution in [-0.4, -0.2) is 24.0 Å². The van der Waals surface area contributed by atoms with Crippen molar-refractivity contribution in [2.75, 3.05) is 18.4 Å². The van der Waals surface area contributed by atoms with E-state index in [0.717, 1.165) is 31.5 Å². The summed E-state index contributed by atoms with van der Waals surface area (Å²) in [6.45, 7) is 12.5. The third-order valence-electron chi connectivity index (χ3n) is 5.11. The highest BCUT2D eigenvalue weighted by Gasteiger charge is 2.27. The van der Waals surface area contributed by atoms with E-state index in [1.54, 1.807) is 0 Å². The number of rotatable bonds is 6. The molecule has 1 aromatic carbocycles. The highest BCUT2D eigenvalue weighted by molar-refractivity contribution is 5.47. The standard InChI is InChI=1S/C19H32N2/c1-5-21(6-2)14-17-11-8-12-18(13-17)20-19-15(3)9-7-10-16(19)4/h8,11-13,15-16,19-20H,5-7,9-10,14H2,1-4H3. The Morgan fingerprint density at radius 1 is 1.10 bits per heavy atom. The van der Waals surface area contributed by atoms with E-state index < -0.39 is 0 Å². The summed E-state index contributed by atoms with van der Waals surface area (Å²) in [6, 6.07) is 9.63. The fraction of sp³-hybridized carbons (Fsp3) is 0.684. The lowest BCUT2D eigenvalue weighted by molar-refractivity contribution is 0.268. The van der Waals surface area contributed by atoms with Crippen molar-refractivity contribution in [1.29, 1.82) is 0 Å². The molecule has 0 bridgehead atoms. The molecule has 0 heterocycles. The third kappa shape index (κ3) is 4.47. The normalized spacial score (nSPS) is 26.0. The van der Waals surface area contributed by atoms with E-state index in [9.17, 15) is 0 Å². The molecule has 1 fully saturated rings. The van der Waals surface area contributed by atoms with Gasteiger partial charge in [-0.3, -0.25) is 4.90 Å². The summed E-state index contributed by atoms with van der Waals surface area (Å²) >= 11 is 0. The summed E-state index contributed by atoms with van der Waals surface area (Å²) < 4.78 is 0. The van der Waals surface area contributed by atoms with Gasteiger partial charge in [-0.1, -0.05) is 46.2 Å². The zero-order valence-electron chi connectivity index (χ0n) is 14.2. The minimum atomic E-state index is 0.627. The van der Waals surface area contributed by atoms with Crippen LogP contribution in [0.4, 0.5) is 5.69 Å². The Hall–Kier alpha value is -1.02. The van der Waals surface area contributed by atoms with Crippen molar-refractivity contribution < 1.29 is 0 Å². The van der Waals surface area contributed by atoms with Crippen molar-refractivity contribution in [3.8, 4) is 0 Å². The quantitative estimate of drug-likeness (QED) is 0.811. The van der Waals surface area contributed by atoms with E-state index in [4.69, 9.17) is 0 Å². The average Bonchev–Trinajstić information content (AvgIpc) is 2.49. The number of nitrogens with one attached hydrogen (secondary N) is 1. The van der Waals surface area contributed by atoms with Gasteiger partial charge in [0.2, 0.25) is 0 Å². The molecule has 1 N–H and O–H groups in total. The van der Waals surface area contributed by atoms with Crippen LogP contribution in [0.25, 0.3) is 0 Å². The minimum Gasteiger partial charge on any atom is -0.382 e. The lowest BCUT2D eigenvalue weighted by Crippen LogP contribution is -2.37. The zero-order chi connectivity index (χ0) is 15.2. The van der Waals surface area contributed by atoms with E-state index >= 15 is 0 Å². The molecule has 1 aliphatic carbocycles. The molecule has 118 valence electrons. The lowest BCUT2D eigenvalue weighted by atomic mass is 9.78. The van der Waals surface area contributed by atoms with Crippen LogP contribution in [0.3, 0.4) is 0 Å². The van der Waals surface area contributed by atoms with Crippen LogP contribution < -0.4 is 5.32 Å². The first kappa shape index (κ1) is 16.4. The molecule has 0 radical (unpaired) electrons. The largest absolute Gasteiger partial charge is 0.382 e. The maximum absolute atomic E-state index is 3.81. The van der Waals surface area contributed by atoms with E-state index in [-0.39, 0.29) is 0 Å². The van der Waals surface area contributed by atoms with Gasteiger partial charge in [0.1, 0.15) is 0 Å². The lowest BCUT2D eigenvalue weighted by Gasteiger charge is -2.36. The highest BCUT2D eigenvalue weighted by Crippen LogP contribution is 2.31. The van der Waals surface area contributed by atoms with Crippen molar-refractivity contribution in [2.45, 2.75) is 59.5 Å². The Kier molecular flexibility index (Phi) is 6.10. The van der Waals surface area contributed by atoms with Crippen LogP contribution in [0.15, 0.2) is 24.3 Å². The smallest absolute Gasteiger partial charge is 0.0345 e. The van der Waals surface area contributed by atoms with Crippen LogP contribution in [0, 0.1) is 11.8 Å². The van der Waals surface area contributed by atoms with Crippen LogP contribution in [0.1, 0.15) is 52.5 Å². The molecule has 1 saturated carbocycles. The number of anilines is 1. The summed E-state index contributed by atoms with van der Waals surface area (Å²) in [5, 5.41) is 3.81. The van der Waals surface area contributed by atoms with Gasteiger partial charge < -0.3 is 5.32 Å². The average molecular weight is 288 g/mol. The molecule has 2 unspecified atom stereocenters. The maximum atomic E-state index is 3.81. The monoisotopic (exact) mass is 288 g/mol. The predicted octanol–water partition coefficient (Wildman–Crippen LogP) is 4.77. The van der Waals surface area contributed by atoms with Crippen LogP contribution in [0.2, 0.25) is 0 Å². The van der Waals surface area contributed by atoms with Gasteiger partial charge in [0.25, 0.3) is 0 Å². The fourth-order valence-electron chi connectivity index (χ4n) is 3.62. The Morgan fingerprint density at radius 3 is 2.38 bits per heavy atom. The summed E-state index contributed by atoms with van der Waals surface area (Å²) in [7, 11) is 0. The Balaban J connectivity index is 2.03. The molecular weight excluding hydrogens is 256 g/mol. The van der Waals surface area contributed by atoms with Crippen molar-refractivity contribution in [3.05, 3.63) is 29.8 Å². The van der Waals surface area contributed by atoms with Crippen LogP contribution >= 0.6 is 0 Å². The topological polar surface area (TPSA) is 15.3 Å². The van der Waals surface area contributed by atoms with Gasteiger partial charge in [-0.2, -0.15) is 0 Å². The molecule has 2 atom stereocenters. The molecule has 2 nitrogen and oxygen atoms in total. The van der Waals surface area contributed by atoms with Gasteiger partial charge in [0.05, 0.1) is 0 Å². The maximum Gasteiger partial charge on any atom is 0.0345 e. The molecule has 2 heteroatoms. The minimum absolute atomic E-state index is 0.627. The SMILES string of the molecule is CCN(CC)Cc1cccc(NC2C(C)CCCC2C)c1. The van der Waals surface area contributed by atoms with E-state index in [2.05, 4.69) is 62.2 Å². The third-order valence-corrected chi connectivity index (χ3v) is 5.11. The molecular formula is C19H32N2. The van der Waals surface area contributed by atoms with Gasteiger partial charge in [0.15, 0.2) is 0 Å². The molecule has 0 aliphatic heterocycles. The molecule has 0 spiro atoms. The summed E-state index contributed by atoms with van der Waals surface area (Å²) in [5.41, 5.74) is 2.71. The zero-order valence-corrected chi connectivity index (χ0v) is 14.2. The number of nitrogens with zero attached hydrogens (tertiary/aromatic N) is 1. The first-order chi connectivity index (χ1) is 10.1. The number of hydrogen-bond donors (Lipinski definition) is 1. The van der Waals surface area contributed by atoms with Gasteiger partial charge >= 0.3 is 0 Å². The van der Waals surface area contributed by atoms with Gasteiger partial charge in [-0.25, -0.2) is 0 Å². The molecule has 1 aromatic rings. The van der Waals surface area contributed by atoms with Crippen LogP contribution in [-0.2, 0) is 6.54 Å². The molecule has 0 amide bonds. The van der Waals surface area contributed by atoms with Crippen molar-refractivity contribution in [1.82, 2.24) is 4.90 Å². The summed E-state index contributed by atoms with van der Waals surface area (Å²) in [4.78, 5) is 2.46. The first-order valence-electron chi connectivity index (χ1n) is 8.71. The van der Waals surface area contributed by atoms with Gasteiger partial charge in [0, 0.05) is 18.3 Å². The Bertz CT molecular complexity index is 415. The second-order valence-corrected chi connectivity index (χ2v) is 6.72. The van der Waals surface area contributed by atoms with Crippen molar-refractivity contribution >= 4 is 5.69 Å². The van der Waals surface area contributed by atoms with Crippen molar-refractivity contribution in [3.63, 3.8) is 0 Å². The highest BCUT2D eigenvalue weighted by atomic mass is 15.1. The summed E-state index contributed by atoms with van der Waals surface area (Å²) in [6.07, 6.45) is 4.12. The molecule has 21 heavy (non-hydrogen) atoms. The van der Waals surface area contributed by atoms with E-state index in [1.807, 2.05) is 0 Å². The number of hydrogen-bond acceptors (Lipinski definition) is 2. The fourth-order valence-corrected chi connectivity index (χ4v) is 3.62.